The van der Waals surface area contributed by atoms with Gasteiger partial charge in [-0.15, -0.1) is 24.0 Å². The molecule has 2 aromatic carbocycles. The van der Waals surface area contributed by atoms with Crippen LogP contribution in [0.2, 0.25) is 0 Å². The summed E-state index contributed by atoms with van der Waals surface area (Å²) in [6.07, 6.45) is 6.25. The highest BCUT2D eigenvalue weighted by Crippen LogP contribution is 2.26. The van der Waals surface area contributed by atoms with Crippen molar-refractivity contribution in [1.29, 1.82) is 0 Å². The molecular formula is C25H33IN6O. The molecule has 0 aliphatic carbocycles. The molecule has 33 heavy (non-hydrogen) atoms. The first-order valence-corrected chi connectivity index (χ1v) is 11.2. The lowest BCUT2D eigenvalue weighted by atomic mass is 10.1. The number of halogens is 1. The molecule has 0 amide bonds. The van der Waals surface area contributed by atoms with Crippen molar-refractivity contribution < 1.29 is 4.74 Å². The van der Waals surface area contributed by atoms with Gasteiger partial charge in [0.25, 0.3) is 0 Å². The van der Waals surface area contributed by atoms with Crippen LogP contribution in [0.25, 0.3) is 5.69 Å². The minimum Gasteiger partial charge on any atom is -0.497 e. The molecule has 1 saturated heterocycles. The maximum absolute atomic E-state index is 5.33. The lowest BCUT2D eigenvalue weighted by molar-refractivity contribution is 0.245. The molecule has 1 aliphatic heterocycles. The van der Waals surface area contributed by atoms with Gasteiger partial charge in [-0.3, -0.25) is 9.89 Å². The van der Waals surface area contributed by atoms with E-state index in [1.54, 1.807) is 13.3 Å². The van der Waals surface area contributed by atoms with Gasteiger partial charge in [-0.25, -0.2) is 4.68 Å². The molecule has 0 saturated carbocycles. The monoisotopic (exact) mass is 560 g/mol. The van der Waals surface area contributed by atoms with Gasteiger partial charge in [-0.2, -0.15) is 5.10 Å². The van der Waals surface area contributed by atoms with E-state index in [4.69, 9.17) is 4.74 Å². The Morgan fingerprint density at radius 3 is 2.55 bits per heavy atom. The first kappa shape index (κ1) is 25.0. The summed E-state index contributed by atoms with van der Waals surface area (Å²) >= 11 is 0. The van der Waals surface area contributed by atoms with E-state index < -0.39 is 0 Å². The van der Waals surface area contributed by atoms with Gasteiger partial charge in [0.05, 0.1) is 18.8 Å². The molecule has 0 spiro atoms. The first-order valence-electron chi connectivity index (χ1n) is 11.2. The van der Waals surface area contributed by atoms with Gasteiger partial charge in [-0.05, 0) is 67.4 Å². The highest BCUT2D eigenvalue weighted by molar-refractivity contribution is 14.0. The number of methoxy groups -OCH3 is 1. The predicted octanol–water partition coefficient (Wildman–Crippen LogP) is 4.00. The summed E-state index contributed by atoms with van der Waals surface area (Å²) in [4.78, 5) is 6.98. The lowest BCUT2D eigenvalue weighted by Gasteiger charge is -2.29. The Morgan fingerprint density at radius 2 is 1.88 bits per heavy atom. The third-order valence-electron chi connectivity index (χ3n) is 5.91. The predicted molar refractivity (Wildman–Crippen MR) is 144 cm³/mol. The number of hydrogen-bond donors (Lipinski definition) is 2. The summed E-state index contributed by atoms with van der Waals surface area (Å²) < 4.78 is 7.20. The van der Waals surface area contributed by atoms with Crippen molar-refractivity contribution in [2.24, 2.45) is 4.99 Å². The van der Waals surface area contributed by atoms with Crippen LogP contribution >= 0.6 is 24.0 Å². The van der Waals surface area contributed by atoms with E-state index in [1.165, 1.54) is 24.0 Å². The van der Waals surface area contributed by atoms with E-state index >= 15 is 0 Å². The maximum atomic E-state index is 5.33. The molecule has 3 aromatic rings. The molecule has 2 N–H and O–H groups in total. The van der Waals surface area contributed by atoms with Gasteiger partial charge < -0.3 is 15.4 Å². The molecule has 4 rings (SSSR count). The Balaban J connectivity index is 0.00000306. The number of nitrogens with one attached hydrogen (secondary N) is 2. The topological polar surface area (TPSA) is 66.7 Å². The second-order valence-corrected chi connectivity index (χ2v) is 7.96. The molecule has 1 atom stereocenters. The molecule has 8 heteroatoms. The van der Waals surface area contributed by atoms with Crippen molar-refractivity contribution in [1.82, 2.24) is 25.3 Å². The Kier molecular flexibility index (Phi) is 9.56. The molecule has 2 heterocycles. The number of hydrogen-bond acceptors (Lipinski definition) is 4. The molecule has 1 unspecified atom stereocenters. The van der Waals surface area contributed by atoms with E-state index in [1.807, 2.05) is 36.1 Å². The smallest absolute Gasteiger partial charge is 0.191 e. The van der Waals surface area contributed by atoms with Gasteiger partial charge in [0.1, 0.15) is 5.75 Å². The quantitative estimate of drug-likeness (QED) is 0.248. The van der Waals surface area contributed by atoms with Crippen LogP contribution in [0.15, 0.2) is 72.0 Å². The Labute approximate surface area is 213 Å². The number of guanidine groups is 1. The van der Waals surface area contributed by atoms with E-state index in [2.05, 4.69) is 62.0 Å². The van der Waals surface area contributed by atoms with Crippen LogP contribution in [0.4, 0.5) is 0 Å². The zero-order valence-corrected chi connectivity index (χ0v) is 21.6. The van der Waals surface area contributed by atoms with Crippen molar-refractivity contribution in [2.75, 3.05) is 33.8 Å². The number of nitrogens with zero attached hydrogens (tertiary/aromatic N) is 4. The summed E-state index contributed by atoms with van der Waals surface area (Å²) in [5.41, 5.74) is 3.51. The fraction of sp³-hybridized carbons (Fsp3) is 0.360. The van der Waals surface area contributed by atoms with Crippen LogP contribution < -0.4 is 15.4 Å². The number of benzene rings is 2. The van der Waals surface area contributed by atoms with Gasteiger partial charge in [0, 0.05) is 32.5 Å². The Hall–Kier alpha value is -2.59. The standard InChI is InChI=1S/C25H32N6O.HI/c1-26-25(27-18-20-7-5-8-22(17-20)31-16-6-13-29-31)28-19-24(30-14-3-4-15-30)21-9-11-23(32-2)12-10-21;/h5-13,16-17,24H,3-4,14-15,18-19H2,1-2H3,(H2,26,27,28);1H. The van der Waals surface area contributed by atoms with Gasteiger partial charge in [-0.1, -0.05) is 24.3 Å². The molecule has 7 nitrogen and oxygen atoms in total. The van der Waals surface area contributed by atoms with E-state index in [0.29, 0.717) is 12.6 Å². The van der Waals surface area contributed by atoms with Crippen LogP contribution in [-0.4, -0.2) is 54.4 Å². The summed E-state index contributed by atoms with van der Waals surface area (Å²) in [5, 5.41) is 11.3. The van der Waals surface area contributed by atoms with Crippen LogP contribution in [0, 0.1) is 0 Å². The highest BCUT2D eigenvalue weighted by atomic mass is 127. The van der Waals surface area contributed by atoms with E-state index in [9.17, 15) is 0 Å². The third kappa shape index (κ3) is 6.70. The molecule has 1 aliphatic rings. The molecule has 176 valence electrons. The molecular weight excluding hydrogens is 527 g/mol. The zero-order chi connectivity index (χ0) is 22.2. The van der Waals surface area contributed by atoms with Crippen LogP contribution in [-0.2, 0) is 6.54 Å². The Morgan fingerprint density at radius 1 is 1.09 bits per heavy atom. The van der Waals surface area contributed by atoms with Crippen molar-refractivity contribution in [3.8, 4) is 11.4 Å². The van der Waals surface area contributed by atoms with Crippen molar-refractivity contribution in [3.63, 3.8) is 0 Å². The minimum absolute atomic E-state index is 0. The number of likely N-dealkylation sites (tertiary alicyclic amines) is 1. The van der Waals surface area contributed by atoms with Gasteiger partial charge in [0.15, 0.2) is 5.96 Å². The summed E-state index contributed by atoms with van der Waals surface area (Å²) in [7, 11) is 3.52. The van der Waals surface area contributed by atoms with Gasteiger partial charge >= 0.3 is 0 Å². The third-order valence-corrected chi connectivity index (χ3v) is 5.91. The molecule has 1 fully saturated rings. The summed E-state index contributed by atoms with van der Waals surface area (Å²) in [5.74, 6) is 1.68. The van der Waals surface area contributed by atoms with E-state index in [-0.39, 0.29) is 24.0 Å². The van der Waals surface area contributed by atoms with Gasteiger partial charge in [0.2, 0.25) is 0 Å². The average Bonchev–Trinajstić information content (AvgIpc) is 3.57. The SMILES string of the molecule is CN=C(NCc1cccc(-n2cccn2)c1)NCC(c1ccc(OC)cc1)N1CCCC1.I. The average molecular weight is 560 g/mol. The number of aliphatic imine (C=N–C) groups is 1. The fourth-order valence-corrected chi connectivity index (χ4v) is 4.17. The number of rotatable bonds is 8. The van der Waals surface area contributed by atoms with E-state index in [0.717, 1.165) is 37.0 Å². The summed E-state index contributed by atoms with van der Waals surface area (Å²) in [6, 6.07) is 19.0. The summed E-state index contributed by atoms with van der Waals surface area (Å²) in [6.45, 7) is 3.74. The first-order chi connectivity index (χ1) is 15.8. The minimum atomic E-state index is 0. The lowest BCUT2D eigenvalue weighted by Crippen LogP contribution is -2.42. The molecule has 0 radical (unpaired) electrons. The fourth-order valence-electron chi connectivity index (χ4n) is 4.17. The van der Waals surface area contributed by atoms with Crippen molar-refractivity contribution in [3.05, 3.63) is 78.1 Å². The second-order valence-electron chi connectivity index (χ2n) is 7.96. The normalized spacial score (nSPS) is 15.0. The largest absolute Gasteiger partial charge is 0.497 e. The molecule has 1 aromatic heterocycles. The van der Waals surface area contributed by atoms with Crippen molar-refractivity contribution >= 4 is 29.9 Å². The number of ether oxygens (including phenoxy) is 1. The maximum Gasteiger partial charge on any atom is 0.191 e. The van der Waals surface area contributed by atoms with Crippen LogP contribution in [0.5, 0.6) is 5.75 Å². The Bertz CT molecular complexity index is 1000. The highest BCUT2D eigenvalue weighted by Gasteiger charge is 2.23. The second kappa shape index (κ2) is 12.6. The number of aromatic nitrogens is 2. The van der Waals surface area contributed by atoms with Crippen LogP contribution in [0.1, 0.15) is 30.0 Å². The van der Waals surface area contributed by atoms with Crippen molar-refractivity contribution in [2.45, 2.75) is 25.4 Å². The molecule has 0 bridgehead atoms. The van der Waals surface area contributed by atoms with Crippen LogP contribution in [0.3, 0.4) is 0 Å². The zero-order valence-electron chi connectivity index (χ0n) is 19.3.